The highest BCUT2D eigenvalue weighted by atomic mass is 16.5. The van der Waals surface area contributed by atoms with Crippen molar-refractivity contribution >= 4 is 0 Å². The van der Waals surface area contributed by atoms with Crippen molar-refractivity contribution in [3.05, 3.63) is 58.3 Å². The average Bonchev–Trinajstić information content (AvgIpc) is 2.77. The maximum atomic E-state index is 5.86. The Kier molecular flexibility index (Phi) is 3.06. The highest BCUT2D eigenvalue weighted by Crippen LogP contribution is 2.30. The average molecular weight is 268 g/mol. The molecule has 2 aromatic rings. The predicted molar refractivity (Wildman–Crippen MR) is 73.6 cm³/mol. The highest BCUT2D eigenvalue weighted by Gasteiger charge is 2.35. The molecule has 0 bridgehead atoms. The van der Waals surface area contributed by atoms with Crippen molar-refractivity contribution in [2.75, 3.05) is 6.61 Å². The van der Waals surface area contributed by atoms with Crippen molar-refractivity contribution in [2.24, 2.45) is 9.98 Å². The van der Waals surface area contributed by atoms with Crippen LogP contribution in [0.15, 0.2) is 40.6 Å². The second-order valence-electron chi connectivity index (χ2n) is 4.84. The third-order valence-corrected chi connectivity index (χ3v) is 3.12. The molecule has 0 unspecified atom stereocenters. The molecule has 102 valence electrons. The van der Waals surface area contributed by atoms with E-state index in [1.165, 1.54) is 0 Å². The van der Waals surface area contributed by atoms with E-state index in [9.17, 15) is 0 Å². The summed E-state index contributed by atoms with van der Waals surface area (Å²) >= 11 is 0. The van der Waals surface area contributed by atoms with Crippen LogP contribution in [-0.2, 0) is 10.6 Å². The second-order valence-corrected chi connectivity index (χ2v) is 4.84. The predicted octanol–water partition coefficient (Wildman–Crippen LogP) is 1.19. The molecule has 5 nitrogen and oxygen atoms in total. The summed E-state index contributed by atoms with van der Waals surface area (Å²) in [5.74, 6) is -1.05. The Hall–Kier alpha value is -2.14. The van der Waals surface area contributed by atoms with Crippen LogP contribution in [-0.4, -0.2) is 16.6 Å². The van der Waals surface area contributed by atoms with Gasteiger partial charge in [0, 0.05) is 24.6 Å². The Balaban J connectivity index is 2.23. The van der Waals surface area contributed by atoms with Crippen LogP contribution in [0.4, 0.5) is 0 Å². The topological polar surface area (TPSA) is 59.7 Å². The summed E-state index contributed by atoms with van der Waals surface area (Å²) in [7, 11) is 0. The summed E-state index contributed by atoms with van der Waals surface area (Å²) < 4.78 is 5.86. The van der Waals surface area contributed by atoms with Crippen LogP contribution in [0.25, 0.3) is 0 Å². The molecule has 0 aliphatic carbocycles. The van der Waals surface area contributed by atoms with Crippen LogP contribution in [0.1, 0.15) is 23.6 Å². The van der Waals surface area contributed by atoms with Crippen LogP contribution in [0.2, 0.25) is 0 Å². The largest absolute Gasteiger partial charge is 0.332 e. The van der Waals surface area contributed by atoms with Gasteiger partial charge in [-0.3, -0.25) is 0 Å². The van der Waals surface area contributed by atoms with Crippen molar-refractivity contribution in [1.29, 1.82) is 0 Å². The van der Waals surface area contributed by atoms with Crippen molar-refractivity contribution in [1.82, 2.24) is 9.97 Å². The number of hydrogen-bond acceptors (Lipinski definition) is 5. The Morgan fingerprint density at radius 1 is 0.950 bits per heavy atom. The smallest absolute Gasteiger partial charge is 0.288 e. The molecule has 20 heavy (non-hydrogen) atoms. The molecule has 0 N–H and O–H groups in total. The molecule has 1 aliphatic heterocycles. The molecule has 0 spiro atoms. The molecule has 0 amide bonds. The molecule has 2 heterocycles. The fourth-order valence-electron chi connectivity index (χ4n) is 2.43. The van der Waals surface area contributed by atoms with E-state index in [0.717, 1.165) is 16.7 Å². The van der Waals surface area contributed by atoms with E-state index in [1.807, 2.05) is 19.1 Å². The summed E-state index contributed by atoms with van der Waals surface area (Å²) in [6.07, 6.45) is 3.22. The van der Waals surface area contributed by atoms with E-state index in [1.54, 1.807) is 12.4 Å². The molecule has 1 aliphatic rings. The molecule has 5 heteroatoms. The number of aromatic nitrogens is 2. The van der Waals surface area contributed by atoms with E-state index in [-0.39, 0.29) is 0 Å². The summed E-state index contributed by atoms with van der Waals surface area (Å²) in [6, 6.07) is 6.20. The summed E-state index contributed by atoms with van der Waals surface area (Å²) in [5.41, 5.74) is 4.28. The standard InChI is InChI=1S/C15H16N4O/c1-4-20-15(12-8-10(2)7-11(3)9-12)18-13-14(19-15)17-6-5-16-13/h5-9H,4H2,1-3H3. The molecular formula is C15H16N4O. The van der Waals surface area contributed by atoms with E-state index in [2.05, 4.69) is 39.9 Å². The van der Waals surface area contributed by atoms with E-state index >= 15 is 0 Å². The van der Waals surface area contributed by atoms with Crippen LogP contribution < -0.4 is 11.0 Å². The number of hydrogen-bond donors (Lipinski definition) is 0. The number of rotatable bonds is 3. The van der Waals surface area contributed by atoms with E-state index in [0.29, 0.717) is 17.6 Å². The molecule has 0 atom stereocenters. The number of aryl methyl sites for hydroxylation is 2. The highest BCUT2D eigenvalue weighted by molar-refractivity contribution is 5.32. The lowest BCUT2D eigenvalue weighted by molar-refractivity contribution is -0.0321. The van der Waals surface area contributed by atoms with E-state index in [4.69, 9.17) is 4.74 Å². The quantitative estimate of drug-likeness (QED) is 0.840. The number of ether oxygens (including phenoxy) is 1. The Morgan fingerprint density at radius 3 is 2.00 bits per heavy atom. The first kappa shape index (κ1) is 12.9. The second kappa shape index (κ2) is 4.76. The first-order valence-electron chi connectivity index (χ1n) is 6.62. The normalized spacial score (nSPS) is 15.3. The molecule has 0 saturated carbocycles. The molecular weight excluding hydrogens is 252 g/mol. The third-order valence-electron chi connectivity index (χ3n) is 3.12. The molecule has 1 aromatic heterocycles. The minimum atomic E-state index is -1.05. The molecule has 3 rings (SSSR count). The number of benzene rings is 1. The van der Waals surface area contributed by atoms with Gasteiger partial charge in [-0.2, -0.15) is 0 Å². The van der Waals surface area contributed by atoms with Crippen LogP contribution in [0.5, 0.6) is 0 Å². The lowest BCUT2D eigenvalue weighted by atomic mass is 10.0. The summed E-state index contributed by atoms with van der Waals surface area (Å²) in [4.78, 5) is 17.5. The lowest BCUT2D eigenvalue weighted by Gasteiger charge is -2.23. The van der Waals surface area contributed by atoms with Crippen molar-refractivity contribution in [3.8, 4) is 0 Å². The zero-order chi connectivity index (χ0) is 14.2. The minimum absolute atomic E-state index is 0.508. The Bertz CT molecular complexity index is 714. The zero-order valence-electron chi connectivity index (χ0n) is 11.8. The van der Waals surface area contributed by atoms with Gasteiger partial charge in [-0.15, -0.1) is 0 Å². The van der Waals surface area contributed by atoms with Gasteiger partial charge < -0.3 is 4.74 Å². The number of nitrogens with zero attached hydrogens (tertiary/aromatic N) is 4. The third kappa shape index (κ3) is 2.10. The van der Waals surface area contributed by atoms with Gasteiger partial charge in [0.15, 0.2) is 11.0 Å². The van der Waals surface area contributed by atoms with Gasteiger partial charge in [0.25, 0.3) is 5.85 Å². The van der Waals surface area contributed by atoms with Gasteiger partial charge in [0.1, 0.15) is 0 Å². The summed E-state index contributed by atoms with van der Waals surface area (Å²) in [5, 5.41) is 0. The summed E-state index contributed by atoms with van der Waals surface area (Å²) in [6.45, 7) is 6.54. The van der Waals surface area contributed by atoms with Gasteiger partial charge in [-0.1, -0.05) is 17.2 Å². The van der Waals surface area contributed by atoms with Gasteiger partial charge >= 0.3 is 0 Å². The monoisotopic (exact) mass is 268 g/mol. The fraction of sp³-hybridized carbons (Fsp3) is 0.333. The maximum absolute atomic E-state index is 5.86. The number of fused-ring (bicyclic) bond motifs is 1. The van der Waals surface area contributed by atoms with Crippen molar-refractivity contribution in [3.63, 3.8) is 0 Å². The minimum Gasteiger partial charge on any atom is -0.332 e. The Morgan fingerprint density at radius 2 is 1.50 bits per heavy atom. The lowest BCUT2D eigenvalue weighted by Crippen LogP contribution is -2.27. The van der Waals surface area contributed by atoms with Gasteiger partial charge in [-0.25, -0.2) is 20.0 Å². The first-order valence-corrected chi connectivity index (χ1v) is 6.62. The zero-order valence-corrected chi connectivity index (χ0v) is 11.8. The van der Waals surface area contributed by atoms with Crippen LogP contribution in [0.3, 0.4) is 0 Å². The maximum Gasteiger partial charge on any atom is 0.288 e. The van der Waals surface area contributed by atoms with Gasteiger partial charge in [0.2, 0.25) is 0 Å². The molecule has 0 fully saturated rings. The van der Waals surface area contributed by atoms with Crippen LogP contribution >= 0.6 is 0 Å². The van der Waals surface area contributed by atoms with E-state index < -0.39 is 5.85 Å². The van der Waals surface area contributed by atoms with Crippen LogP contribution in [0, 0.1) is 13.8 Å². The molecule has 0 saturated heterocycles. The molecule has 0 radical (unpaired) electrons. The van der Waals surface area contributed by atoms with Crippen molar-refractivity contribution in [2.45, 2.75) is 26.6 Å². The van der Waals surface area contributed by atoms with Gasteiger partial charge in [0.05, 0.1) is 0 Å². The SMILES string of the molecule is CCOC1(c2cc(C)cc(C)c2)N=c2nccnc2=N1. The Labute approximate surface area is 117 Å². The first-order chi connectivity index (χ1) is 9.63. The fourth-order valence-corrected chi connectivity index (χ4v) is 2.43. The van der Waals surface area contributed by atoms with Crippen molar-refractivity contribution < 1.29 is 4.74 Å². The molecule has 1 aromatic carbocycles. The van der Waals surface area contributed by atoms with Gasteiger partial charge in [-0.05, 0) is 32.9 Å².